The largest absolute Gasteiger partial charge is 0.376 e. The lowest BCUT2D eigenvalue weighted by Gasteiger charge is -2.11. The van der Waals surface area contributed by atoms with Crippen molar-refractivity contribution in [3.05, 3.63) is 0 Å². The van der Waals surface area contributed by atoms with Crippen molar-refractivity contribution in [2.75, 3.05) is 0 Å². The zero-order valence-corrected chi connectivity index (χ0v) is 10.3. The molecule has 0 aliphatic heterocycles. The first-order valence-corrected chi connectivity index (χ1v) is 5.28. The maximum atomic E-state index is 11.4. The Kier molecular flexibility index (Phi) is 2.53. The standard InChI is InChI=1S/C6H8Br2N2OS/c1-5(2-6(5,7)8)3(11)10-4(9)12/h2H2,1H3,(H3,9,10,11,12)/t5-/m1/s1. The van der Waals surface area contributed by atoms with Crippen LogP contribution in [-0.2, 0) is 4.79 Å². The van der Waals surface area contributed by atoms with Crippen molar-refractivity contribution < 1.29 is 4.79 Å². The van der Waals surface area contributed by atoms with E-state index < -0.39 is 5.41 Å². The monoisotopic (exact) mass is 314 g/mol. The number of nitrogens with one attached hydrogen (secondary N) is 1. The highest BCUT2D eigenvalue weighted by atomic mass is 79.9. The summed E-state index contributed by atoms with van der Waals surface area (Å²) in [5, 5.41) is 2.43. The average Bonchev–Trinajstić information content (AvgIpc) is 2.32. The summed E-state index contributed by atoms with van der Waals surface area (Å²) in [6, 6.07) is 0. The Hall–Kier alpha value is 0.320. The number of alkyl halides is 2. The lowest BCUT2D eigenvalue weighted by molar-refractivity contribution is -0.124. The van der Waals surface area contributed by atoms with Crippen LogP contribution in [0.25, 0.3) is 0 Å². The molecule has 0 aromatic rings. The third kappa shape index (κ3) is 1.65. The van der Waals surface area contributed by atoms with Crippen molar-refractivity contribution in [1.82, 2.24) is 5.32 Å². The highest BCUT2D eigenvalue weighted by Crippen LogP contribution is 2.66. The fourth-order valence-electron chi connectivity index (χ4n) is 0.896. The number of hydrogen-bond acceptors (Lipinski definition) is 2. The van der Waals surface area contributed by atoms with E-state index in [4.69, 9.17) is 5.73 Å². The molecule has 1 rings (SSSR count). The summed E-state index contributed by atoms with van der Waals surface area (Å²) in [6.07, 6.45) is 0.731. The summed E-state index contributed by atoms with van der Waals surface area (Å²) in [5.41, 5.74) is 4.73. The SMILES string of the molecule is C[C@]1(C(=O)NC(N)=S)CC1(Br)Br. The summed E-state index contributed by atoms with van der Waals surface area (Å²) in [6.45, 7) is 1.84. The number of thiocarbonyl (C=S) groups is 1. The first-order valence-electron chi connectivity index (χ1n) is 3.28. The molecule has 6 heteroatoms. The van der Waals surface area contributed by atoms with Gasteiger partial charge in [-0.2, -0.15) is 0 Å². The number of halogens is 2. The minimum Gasteiger partial charge on any atom is -0.376 e. The molecule has 0 radical (unpaired) electrons. The third-order valence-corrected chi connectivity index (χ3v) is 4.41. The molecule has 3 N–H and O–H groups in total. The van der Waals surface area contributed by atoms with Gasteiger partial charge in [-0.25, -0.2) is 0 Å². The Balaban J connectivity index is 2.62. The molecule has 3 nitrogen and oxygen atoms in total. The van der Waals surface area contributed by atoms with E-state index in [9.17, 15) is 4.79 Å². The van der Waals surface area contributed by atoms with E-state index >= 15 is 0 Å². The molecule has 0 saturated heterocycles. The average molecular weight is 316 g/mol. The van der Waals surface area contributed by atoms with Gasteiger partial charge in [0.25, 0.3) is 0 Å². The highest BCUT2D eigenvalue weighted by molar-refractivity contribution is 9.25. The van der Waals surface area contributed by atoms with Crippen LogP contribution in [0.5, 0.6) is 0 Å². The van der Waals surface area contributed by atoms with Crippen molar-refractivity contribution in [2.24, 2.45) is 11.1 Å². The van der Waals surface area contributed by atoms with Crippen molar-refractivity contribution in [2.45, 2.75) is 16.6 Å². The van der Waals surface area contributed by atoms with Crippen LogP contribution in [0.2, 0.25) is 0 Å². The van der Waals surface area contributed by atoms with Crippen LogP contribution in [0.3, 0.4) is 0 Å². The smallest absolute Gasteiger partial charge is 0.234 e. The fraction of sp³-hybridized carbons (Fsp3) is 0.667. The molecule has 0 heterocycles. The normalized spacial score (nSPS) is 30.9. The van der Waals surface area contributed by atoms with Gasteiger partial charge in [0.2, 0.25) is 5.91 Å². The van der Waals surface area contributed by atoms with Crippen LogP contribution in [0.4, 0.5) is 0 Å². The molecule has 0 aromatic heterocycles. The van der Waals surface area contributed by atoms with E-state index in [0.29, 0.717) is 0 Å². The molecular formula is C6H8Br2N2OS. The van der Waals surface area contributed by atoms with Crippen molar-refractivity contribution in [3.63, 3.8) is 0 Å². The predicted octanol–water partition coefficient (Wildman–Crippen LogP) is 1.24. The van der Waals surface area contributed by atoms with E-state index in [1.807, 2.05) is 6.92 Å². The third-order valence-electron chi connectivity index (χ3n) is 2.00. The minimum absolute atomic E-state index is 0.0175. The Morgan fingerprint density at radius 1 is 1.67 bits per heavy atom. The summed E-state index contributed by atoms with van der Waals surface area (Å²) in [4.78, 5) is 11.4. The lowest BCUT2D eigenvalue weighted by atomic mass is 10.1. The van der Waals surface area contributed by atoms with E-state index in [2.05, 4.69) is 49.4 Å². The second kappa shape index (κ2) is 2.92. The van der Waals surface area contributed by atoms with Crippen LogP contribution in [0, 0.1) is 5.41 Å². The maximum absolute atomic E-state index is 11.4. The second-order valence-corrected chi connectivity index (χ2v) is 7.24. The van der Waals surface area contributed by atoms with Gasteiger partial charge in [0.15, 0.2) is 5.11 Å². The quantitative estimate of drug-likeness (QED) is 0.565. The van der Waals surface area contributed by atoms with Gasteiger partial charge in [-0.3, -0.25) is 4.79 Å². The molecule has 68 valence electrons. The van der Waals surface area contributed by atoms with Crippen LogP contribution in [0.1, 0.15) is 13.3 Å². The Morgan fingerprint density at radius 2 is 2.08 bits per heavy atom. The number of amides is 1. The van der Waals surface area contributed by atoms with Crippen LogP contribution < -0.4 is 11.1 Å². The van der Waals surface area contributed by atoms with Gasteiger partial charge < -0.3 is 11.1 Å². The fourth-order valence-corrected chi connectivity index (χ4v) is 2.47. The number of carbonyl (C=O) groups excluding carboxylic acids is 1. The van der Waals surface area contributed by atoms with Gasteiger partial charge in [0, 0.05) is 0 Å². The maximum Gasteiger partial charge on any atom is 0.234 e. The molecule has 1 fully saturated rings. The van der Waals surface area contributed by atoms with Crippen LogP contribution in [-0.4, -0.2) is 14.3 Å². The molecule has 0 unspecified atom stereocenters. The molecule has 1 aliphatic carbocycles. The number of nitrogens with two attached hydrogens (primary N) is 1. The van der Waals surface area contributed by atoms with Crippen molar-refractivity contribution in [3.8, 4) is 0 Å². The highest BCUT2D eigenvalue weighted by Gasteiger charge is 2.66. The Morgan fingerprint density at radius 3 is 2.33 bits per heavy atom. The topological polar surface area (TPSA) is 55.1 Å². The zero-order valence-electron chi connectivity index (χ0n) is 6.36. The van der Waals surface area contributed by atoms with Gasteiger partial charge >= 0.3 is 0 Å². The molecular weight excluding hydrogens is 308 g/mol. The van der Waals surface area contributed by atoms with Gasteiger partial charge in [-0.15, -0.1) is 0 Å². The van der Waals surface area contributed by atoms with Crippen molar-refractivity contribution >= 4 is 55.1 Å². The van der Waals surface area contributed by atoms with Crippen LogP contribution in [0.15, 0.2) is 0 Å². The van der Waals surface area contributed by atoms with Crippen LogP contribution >= 0.6 is 44.1 Å². The van der Waals surface area contributed by atoms with E-state index in [0.717, 1.165) is 6.42 Å². The number of carbonyl (C=O) groups is 1. The van der Waals surface area contributed by atoms with Crippen molar-refractivity contribution in [1.29, 1.82) is 0 Å². The first-order chi connectivity index (χ1) is 5.29. The molecule has 0 spiro atoms. The zero-order chi connectivity index (χ0) is 9.57. The Bertz CT molecular complexity index is 256. The van der Waals surface area contributed by atoms with Gasteiger partial charge in [-0.1, -0.05) is 31.9 Å². The lowest BCUT2D eigenvalue weighted by Crippen LogP contribution is -2.40. The number of hydrogen-bond donors (Lipinski definition) is 2. The number of rotatable bonds is 1. The summed E-state index contributed by atoms with van der Waals surface area (Å²) in [5.74, 6) is -0.149. The molecule has 1 amide bonds. The van der Waals surface area contributed by atoms with Gasteiger partial charge in [0.1, 0.15) is 0 Å². The molecule has 1 saturated carbocycles. The summed E-state index contributed by atoms with van der Waals surface area (Å²) < 4.78 is -0.290. The van der Waals surface area contributed by atoms with E-state index in [1.54, 1.807) is 0 Å². The molecule has 0 aromatic carbocycles. The summed E-state index contributed by atoms with van der Waals surface area (Å²) in [7, 11) is 0. The first kappa shape index (κ1) is 10.4. The Labute approximate surface area is 92.7 Å². The predicted molar refractivity (Wildman–Crippen MR) is 58.2 cm³/mol. The van der Waals surface area contributed by atoms with Gasteiger partial charge in [0.05, 0.1) is 8.65 Å². The molecule has 0 bridgehead atoms. The van der Waals surface area contributed by atoms with E-state index in [1.165, 1.54) is 0 Å². The molecule has 1 aliphatic rings. The molecule has 1 atom stereocenters. The van der Waals surface area contributed by atoms with Gasteiger partial charge in [-0.05, 0) is 25.6 Å². The molecule has 12 heavy (non-hydrogen) atoms. The second-order valence-electron chi connectivity index (χ2n) is 3.03. The summed E-state index contributed by atoms with van der Waals surface area (Å²) >= 11 is 11.3. The minimum atomic E-state index is -0.448. The van der Waals surface area contributed by atoms with E-state index in [-0.39, 0.29) is 14.3 Å².